The molecule has 22 heavy (non-hydrogen) atoms. The molecule has 0 aliphatic rings. The minimum Gasteiger partial charge on any atom is -0.344 e. The van der Waals surface area contributed by atoms with Crippen LogP contribution in [-0.2, 0) is 9.13 Å². The molecule has 0 spiro atoms. The first-order valence-corrected chi connectivity index (χ1v) is 11.4. The van der Waals surface area contributed by atoms with Crippen LogP contribution in [0.1, 0.15) is 59.3 Å². The second kappa shape index (κ2) is 9.85. The molecule has 0 aromatic rings. The van der Waals surface area contributed by atoms with Gasteiger partial charge in [0.2, 0.25) is 7.37 Å². The van der Waals surface area contributed by atoms with Crippen molar-refractivity contribution < 1.29 is 23.8 Å². The van der Waals surface area contributed by atoms with Gasteiger partial charge in [-0.15, -0.1) is 0 Å². The van der Waals surface area contributed by atoms with Gasteiger partial charge in [-0.1, -0.05) is 29.7 Å². The van der Waals surface area contributed by atoms with E-state index in [-0.39, 0.29) is 6.42 Å². The Bertz CT molecular complexity index is 458. The normalized spacial score (nSPS) is 17.0. The van der Waals surface area contributed by atoms with Gasteiger partial charge in [0.1, 0.15) is 5.40 Å². The summed E-state index contributed by atoms with van der Waals surface area (Å²) in [6.45, 7) is 7.24. The van der Waals surface area contributed by atoms with Gasteiger partial charge in [0.25, 0.3) is 0 Å². The van der Waals surface area contributed by atoms with Gasteiger partial charge < -0.3 is 14.7 Å². The van der Waals surface area contributed by atoms with E-state index in [4.69, 9.17) is 9.79 Å². The highest BCUT2D eigenvalue weighted by Gasteiger charge is 2.39. The summed E-state index contributed by atoms with van der Waals surface area (Å²) in [6, 6.07) is 0. The van der Waals surface area contributed by atoms with E-state index in [9.17, 15) is 14.0 Å². The number of unbranched alkanes of at least 4 members (excludes halogenated alkanes) is 2. The van der Waals surface area contributed by atoms with E-state index in [2.05, 4.69) is 32.9 Å². The number of hydrogen-bond donors (Lipinski definition) is 3. The van der Waals surface area contributed by atoms with E-state index in [1.54, 1.807) is 0 Å². The summed E-state index contributed by atoms with van der Waals surface area (Å²) in [5.41, 5.74) is 2.61. The number of rotatable bonds is 10. The van der Waals surface area contributed by atoms with Gasteiger partial charge in [-0.05, 0) is 52.9 Å². The van der Waals surface area contributed by atoms with Crippen LogP contribution in [0, 0.1) is 0 Å². The van der Waals surface area contributed by atoms with Crippen molar-refractivity contribution in [1.82, 2.24) is 0 Å². The van der Waals surface area contributed by atoms with Crippen molar-refractivity contribution in [2.45, 2.75) is 64.7 Å². The molecular weight excluding hydrogens is 322 g/mol. The molecule has 0 rings (SSSR count). The van der Waals surface area contributed by atoms with Gasteiger partial charge in [-0.25, -0.2) is 0 Å². The predicted molar refractivity (Wildman–Crippen MR) is 92.5 cm³/mol. The molecule has 0 amide bonds. The first-order valence-electron chi connectivity index (χ1n) is 7.58. The number of allylic oxidation sites excluding steroid dienone is 4. The zero-order valence-electron chi connectivity index (χ0n) is 14.0. The molecule has 0 bridgehead atoms. The summed E-state index contributed by atoms with van der Waals surface area (Å²) in [7, 11) is -8.30. The van der Waals surface area contributed by atoms with E-state index in [0.29, 0.717) is 6.42 Å². The summed E-state index contributed by atoms with van der Waals surface area (Å²) in [5, 5.41) is -1.43. The molecule has 2 unspecified atom stereocenters. The SMILES string of the molecule is CC(C)=CCC/C(C)=C/CCCCC(P(C)(=O)O)P(=O)(O)O. The van der Waals surface area contributed by atoms with Crippen LogP contribution in [-0.4, -0.2) is 26.7 Å². The fourth-order valence-electron chi connectivity index (χ4n) is 2.20. The lowest BCUT2D eigenvalue weighted by atomic mass is 10.1. The highest BCUT2D eigenvalue weighted by Crippen LogP contribution is 2.61. The molecule has 3 N–H and O–H groups in total. The van der Waals surface area contributed by atoms with Crippen molar-refractivity contribution in [2.75, 3.05) is 6.66 Å². The third-order valence-electron chi connectivity index (χ3n) is 3.44. The van der Waals surface area contributed by atoms with Crippen LogP contribution in [0.4, 0.5) is 0 Å². The molecule has 0 fully saturated rings. The molecule has 0 aliphatic heterocycles. The van der Waals surface area contributed by atoms with Crippen molar-refractivity contribution >= 4 is 15.0 Å². The van der Waals surface area contributed by atoms with Crippen LogP contribution in [0.3, 0.4) is 0 Å². The summed E-state index contributed by atoms with van der Waals surface area (Å²) >= 11 is 0. The molecule has 0 aliphatic carbocycles. The summed E-state index contributed by atoms with van der Waals surface area (Å²) in [6.07, 6.45) is 8.57. The molecule has 0 radical (unpaired) electrons. The second-order valence-corrected chi connectivity index (χ2v) is 10.9. The smallest absolute Gasteiger partial charge is 0.338 e. The second-order valence-electron chi connectivity index (χ2n) is 6.17. The summed E-state index contributed by atoms with van der Waals surface area (Å²) in [5.74, 6) is 0. The standard InChI is InChI=1S/C15H30O5P2/c1-13(2)9-8-11-14(3)10-6-5-7-12-15(21(4,16)17)22(18,19)20/h9-10,15H,5-8,11-12H2,1-4H3,(H,16,17)(H2,18,19,20)/b14-10+. The Kier molecular flexibility index (Phi) is 9.77. The molecule has 7 heteroatoms. The summed E-state index contributed by atoms with van der Waals surface area (Å²) in [4.78, 5) is 27.8. The maximum Gasteiger partial charge on any atom is 0.338 e. The lowest BCUT2D eigenvalue weighted by Crippen LogP contribution is -2.08. The average molecular weight is 352 g/mol. The average Bonchev–Trinajstić information content (AvgIpc) is 2.29. The van der Waals surface area contributed by atoms with Gasteiger partial charge in [0, 0.05) is 6.66 Å². The van der Waals surface area contributed by atoms with E-state index in [1.165, 1.54) is 11.1 Å². The maximum atomic E-state index is 11.6. The Morgan fingerprint density at radius 1 is 1.00 bits per heavy atom. The Hall–Kier alpha value is -0.180. The van der Waals surface area contributed by atoms with Gasteiger partial charge >= 0.3 is 7.60 Å². The molecule has 2 atom stereocenters. The minimum atomic E-state index is -4.52. The van der Waals surface area contributed by atoms with E-state index in [0.717, 1.165) is 32.3 Å². The van der Waals surface area contributed by atoms with Gasteiger partial charge in [-0.2, -0.15) is 0 Å². The fourth-order valence-corrected chi connectivity index (χ4v) is 5.61. The van der Waals surface area contributed by atoms with Crippen molar-refractivity contribution in [3.05, 3.63) is 23.3 Å². The summed E-state index contributed by atoms with van der Waals surface area (Å²) < 4.78 is 22.8. The van der Waals surface area contributed by atoms with Gasteiger partial charge in [0.05, 0.1) is 0 Å². The van der Waals surface area contributed by atoms with Crippen LogP contribution in [0.25, 0.3) is 0 Å². The Labute approximate surface area is 134 Å². The molecule has 130 valence electrons. The van der Waals surface area contributed by atoms with Crippen LogP contribution in [0.2, 0.25) is 0 Å². The van der Waals surface area contributed by atoms with Crippen LogP contribution >= 0.6 is 15.0 Å². The van der Waals surface area contributed by atoms with Crippen LogP contribution in [0.5, 0.6) is 0 Å². The molecule has 0 heterocycles. The largest absolute Gasteiger partial charge is 0.344 e. The van der Waals surface area contributed by atoms with E-state index >= 15 is 0 Å². The first kappa shape index (κ1) is 21.8. The van der Waals surface area contributed by atoms with Crippen molar-refractivity contribution in [2.24, 2.45) is 0 Å². The van der Waals surface area contributed by atoms with E-state index in [1.807, 2.05) is 0 Å². The van der Waals surface area contributed by atoms with Gasteiger partial charge in [-0.3, -0.25) is 9.13 Å². The number of hydrogen-bond acceptors (Lipinski definition) is 2. The maximum absolute atomic E-state index is 11.6. The molecular formula is C15H30O5P2. The van der Waals surface area contributed by atoms with Crippen LogP contribution < -0.4 is 0 Å². The quantitative estimate of drug-likeness (QED) is 0.302. The Morgan fingerprint density at radius 2 is 1.59 bits per heavy atom. The van der Waals surface area contributed by atoms with Crippen molar-refractivity contribution in [3.8, 4) is 0 Å². The van der Waals surface area contributed by atoms with Gasteiger partial charge in [0.15, 0.2) is 0 Å². The zero-order valence-corrected chi connectivity index (χ0v) is 15.8. The zero-order chi connectivity index (χ0) is 17.4. The minimum absolute atomic E-state index is 0.0825. The Balaban J connectivity index is 4.18. The van der Waals surface area contributed by atoms with Crippen molar-refractivity contribution in [1.29, 1.82) is 0 Å². The molecule has 5 nitrogen and oxygen atoms in total. The molecule has 0 aromatic carbocycles. The molecule has 0 saturated carbocycles. The Morgan fingerprint density at radius 3 is 2.05 bits per heavy atom. The lowest BCUT2D eigenvalue weighted by Gasteiger charge is -2.20. The fraction of sp³-hybridized carbons (Fsp3) is 0.733. The topological polar surface area (TPSA) is 94.8 Å². The molecule has 0 saturated heterocycles. The van der Waals surface area contributed by atoms with Crippen LogP contribution in [0.15, 0.2) is 23.3 Å². The third-order valence-corrected chi connectivity index (χ3v) is 8.03. The monoisotopic (exact) mass is 352 g/mol. The first-order chi connectivity index (χ1) is 9.94. The predicted octanol–water partition coefficient (Wildman–Crippen LogP) is 4.64. The van der Waals surface area contributed by atoms with E-state index < -0.39 is 20.4 Å². The lowest BCUT2D eigenvalue weighted by molar-refractivity contribution is 0.359. The highest BCUT2D eigenvalue weighted by atomic mass is 31.2. The molecule has 0 aromatic heterocycles. The van der Waals surface area contributed by atoms with Crippen molar-refractivity contribution in [3.63, 3.8) is 0 Å². The third kappa shape index (κ3) is 10.5. The highest BCUT2D eigenvalue weighted by molar-refractivity contribution is 7.73.